The average molecular weight is 317 g/mol. The number of halogens is 1. The van der Waals surface area contributed by atoms with E-state index in [9.17, 15) is 4.79 Å². The summed E-state index contributed by atoms with van der Waals surface area (Å²) < 4.78 is 10.5. The van der Waals surface area contributed by atoms with Crippen LogP contribution in [0.15, 0.2) is 18.2 Å². The van der Waals surface area contributed by atoms with Crippen molar-refractivity contribution < 1.29 is 14.3 Å². The van der Waals surface area contributed by atoms with E-state index in [1.54, 1.807) is 18.2 Å². The van der Waals surface area contributed by atoms with E-state index >= 15 is 0 Å². The third-order valence-electron chi connectivity index (χ3n) is 3.74. The number of hydrogen-bond acceptors (Lipinski definition) is 4. The number of benzene rings is 1. The van der Waals surface area contributed by atoms with Crippen LogP contribution in [0.25, 0.3) is 0 Å². The van der Waals surface area contributed by atoms with Gasteiger partial charge in [-0.15, -0.1) is 12.4 Å². The maximum atomic E-state index is 12.5. The Balaban J connectivity index is 0.00000400. The van der Waals surface area contributed by atoms with Gasteiger partial charge >= 0.3 is 0 Å². The first-order valence-corrected chi connectivity index (χ1v) is 6.63. The van der Waals surface area contributed by atoms with E-state index < -0.39 is 5.54 Å². The van der Waals surface area contributed by atoms with Crippen molar-refractivity contribution in [2.45, 2.75) is 26.3 Å². The van der Waals surface area contributed by atoms with Crippen LogP contribution in [-0.2, 0) is 0 Å². The molecule has 1 atom stereocenters. The molecule has 0 aliphatic carbocycles. The van der Waals surface area contributed by atoms with Crippen LogP contribution in [0.2, 0.25) is 0 Å². The molecular weight excluding hydrogens is 292 g/mol. The van der Waals surface area contributed by atoms with Crippen LogP contribution in [0.3, 0.4) is 0 Å². The van der Waals surface area contributed by atoms with E-state index in [-0.39, 0.29) is 24.2 Å². The van der Waals surface area contributed by atoms with Crippen molar-refractivity contribution in [1.29, 1.82) is 0 Å². The largest absolute Gasteiger partial charge is 0.493 e. The van der Waals surface area contributed by atoms with E-state index in [1.807, 2.05) is 20.8 Å². The summed E-state index contributed by atoms with van der Waals surface area (Å²) in [6.45, 7) is 6.34. The Morgan fingerprint density at radius 1 is 1.33 bits per heavy atom. The number of rotatable bonds is 6. The van der Waals surface area contributed by atoms with Crippen LogP contribution in [-0.4, -0.2) is 32.2 Å². The zero-order valence-corrected chi connectivity index (χ0v) is 14.0. The Kier molecular flexibility index (Phi) is 7.53. The number of carbonyl (C=O) groups is 1. The molecule has 0 aliphatic rings. The molecule has 0 saturated carbocycles. The number of methoxy groups -OCH3 is 2. The number of carbonyl (C=O) groups excluding carboxylic acids is 1. The third-order valence-corrected chi connectivity index (χ3v) is 3.74. The quantitative estimate of drug-likeness (QED) is 0.844. The molecule has 0 aromatic heterocycles. The highest BCUT2D eigenvalue weighted by molar-refractivity contribution is 5.98. The second-order valence-electron chi connectivity index (χ2n) is 5.27. The summed E-state index contributed by atoms with van der Waals surface area (Å²) in [6.07, 6.45) is 0. The zero-order chi connectivity index (χ0) is 15.3. The molecule has 0 saturated heterocycles. The molecule has 0 heterocycles. The molecule has 5 nitrogen and oxygen atoms in total. The predicted octanol–water partition coefficient (Wildman–Crippen LogP) is 2.23. The van der Waals surface area contributed by atoms with E-state index in [1.165, 1.54) is 14.2 Å². The smallest absolute Gasteiger partial charge is 0.255 e. The van der Waals surface area contributed by atoms with Gasteiger partial charge in [0.1, 0.15) is 0 Å². The molecule has 120 valence electrons. The Hall–Kier alpha value is -1.46. The summed E-state index contributed by atoms with van der Waals surface area (Å²) in [6, 6.07) is 5.21. The van der Waals surface area contributed by atoms with Crippen LogP contribution < -0.4 is 20.5 Å². The van der Waals surface area contributed by atoms with Crippen molar-refractivity contribution in [3.8, 4) is 11.5 Å². The molecule has 21 heavy (non-hydrogen) atoms. The average Bonchev–Trinajstić information content (AvgIpc) is 2.45. The number of ether oxygens (including phenoxy) is 2. The first-order valence-electron chi connectivity index (χ1n) is 6.63. The van der Waals surface area contributed by atoms with Crippen molar-refractivity contribution in [3.05, 3.63) is 23.8 Å². The van der Waals surface area contributed by atoms with Gasteiger partial charge in [0.05, 0.1) is 25.3 Å². The second kappa shape index (κ2) is 8.10. The van der Waals surface area contributed by atoms with Crippen molar-refractivity contribution in [1.82, 2.24) is 5.32 Å². The maximum Gasteiger partial charge on any atom is 0.255 e. The van der Waals surface area contributed by atoms with E-state index in [0.717, 1.165) is 0 Å². The lowest BCUT2D eigenvalue weighted by molar-refractivity contribution is 0.0879. The van der Waals surface area contributed by atoms with Crippen molar-refractivity contribution in [2.24, 2.45) is 11.7 Å². The van der Waals surface area contributed by atoms with Gasteiger partial charge in [0.2, 0.25) is 0 Å². The number of para-hydroxylation sites is 1. The number of nitrogens with one attached hydrogen (secondary N) is 1. The third kappa shape index (κ3) is 4.25. The SMILES string of the molecule is COc1cccc(C(=O)NC(C)(CN)C(C)C)c1OC.Cl. The van der Waals surface area contributed by atoms with Crippen LogP contribution in [0.1, 0.15) is 31.1 Å². The van der Waals surface area contributed by atoms with E-state index in [2.05, 4.69) is 5.32 Å². The number of nitrogens with two attached hydrogens (primary N) is 1. The highest BCUT2D eigenvalue weighted by Gasteiger charge is 2.30. The fourth-order valence-electron chi connectivity index (χ4n) is 1.82. The molecule has 0 aliphatic heterocycles. The lowest BCUT2D eigenvalue weighted by Crippen LogP contribution is -2.55. The number of amides is 1. The van der Waals surface area contributed by atoms with Crippen molar-refractivity contribution >= 4 is 18.3 Å². The Labute approximate surface area is 132 Å². The van der Waals surface area contributed by atoms with Crippen molar-refractivity contribution in [2.75, 3.05) is 20.8 Å². The van der Waals surface area contributed by atoms with Gasteiger partial charge in [0, 0.05) is 6.54 Å². The molecule has 1 aromatic carbocycles. The van der Waals surface area contributed by atoms with Gasteiger partial charge in [-0.2, -0.15) is 0 Å². The van der Waals surface area contributed by atoms with Crippen LogP contribution in [0.4, 0.5) is 0 Å². The molecule has 3 N–H and O–H groups in total. The van der Waals surface area contributed by atoms with E-state index in [0.29, 0.717) is 23.6 Å². The highest BCUT2D eigenvalue weighted by atomic mass is 35.5. The Morgan fingerprint density at radius 2 is 1.95 bits per heavy atom. The first kappa shape index (κ1) is 19.5. The van der Waals surface area contributed by atoms with Gasteiger partial charge in [0.15, 0.2) is 11.5 Å². The van der Waals surface area contributed by atoms with Gasteiger partial charge in [0.25, 0.3) is 5.91 Å². The Morgan fingerprint density at radius 3 is 2.38 bits per heavy atom. The summed E-state index contributed by atoms with van der Waals surface area (Å²) in [5.41, 5.74) is 5.76. The lowest BCUT2D eigenvalue weighted by Gasteiger charge is -2.33. The Bertz CT molecular complexity index is 480. The van der Waals surface area contributed by atoms with Crippen LogP contribution in [0, 0.1) is 5.92 Å². The minimum absolute atomic E-state index is 0. The van der Waals surface area contributed by atoms with Crippen LogP contribution >= 0.6 is 12.4 Å². The summed E-state index contributed by atoms with van der Waals surface area (Å²) in [5.74, 6) is 0.949. The minimum atomic E-state index is -0.467. The van der Waals surface area contributed by atoms with Gasteiger partial charge in [-0.05, 0) is 25.0 Å². The fraction of sp³-hybridized carbons (Fsp3) is 0.533. The van der Waals surface area contributed by atoms with Gasteiger partial charge in [-0.1, -0.05) is 19.9 Å². The summed E-state index contributed by atoms with van der Waals surface area (Å²) in [7, 11) is 3.05. The normalized spacial score (nSPS) is 13.1. The predicted molar refractivity (Wildman–Crippen MR) is 86.6 cm³/mol. The maximum absolute atomic E-state index is 12.5. The minimum Gasteiger partial charge on any atom is -0.493 e. The van der Waals surface area contributed by atoms with E-state index in [4.69, 9.17) is 15.2 Å². The molecule has 0 spiro atoms. The molecule has 0 bridgehead atoms. The number of hydrogen-bond donors (Lipinski definition) is 2. The molecule has 1 unspecified atom stereocenters. The van der Waals surface area contributed by atoms with Crippen LogP contribution in [0.5, 0.6) is 11.5 Å². The summed E-state index contributed by atoms with van der Waals surface area (Å²) in [4.78, 5) is 12.5. The molecule has 1 amide bonds. The summed E-state index contributed by atoms with van der Waals surface area (Å²) in [5, 5.41) is 2.99. The monoisotopic (exact) mass is 316 g/mol. The summed E-state index contributed by atoms with van der Waals surface area (Å²) >= 11 is 0. The first-order chi connectivity index (χ1) is 9.39. The van der Waals surface area contributed by atoms with Gasteiger partial charge < -0.3 is 20.5 Å². The fourth-order valence-corrected chi connectivity index (χ4v) is 1.82. The molecule has 0 fully saturated rings. The lowest BCUT2D eigenvalue weighted by atomic mass is 9.88. The van der Waals surface area contributed by atoms with Gasteiger partial charge in [-0.3, -0.25) is 4.79 Å². The molecule has 1 rings (SSSR count). The topological polar surface area (TPSA) is 73.6 Å². The molecule has 0 radical (unpaired) electrons. The molecule has 1 aromatic rings. The van der Waals surface area contributed by atoms with Crippen molar-refractivity contribution in [3.63, 3.8) is 0 Å². The molecular formula is C15H25ClN2O3. The standard InChI is InChI=1S/C15H24N2O3.ClH/c1-10(2)15(3,9-16)17-14(18)11-7-6-8-12(19-4)13(11)20-5;/h6-8,10H,9,16H2,1-5H3,(H,17,18);1H. The second-order valence-corrected chi connectivity index (χ2v) is 5.27. The highest BCUT2D eigenvalue weighted by Crippen LogP contribution is 2.31. The molecule has 6 heteroatoms. The zero-order valence-electron chi connectivity index (χ0n) is 13.2. The van der Waals surface area contributed by atoms with Gasteiger partial charge in [-0.25, -0.2) is 0 Å².